The Kier molecular flexibility index (Phi) is 9.10. The van der Waals surface area contributed by atoms with E-state index in [9.17, 15) is 0 Å². The van der Waals surface area contributed by atoms with Crippen molar-refractivity contribution in [2.24, 2.45) is 5.73 Å². The largest absolute Gasteiger partial charge is 0.394 e. The summed E-state index contributed by atoms with van der Waals surface area (Å²) in [5.41, 5.74) is 4.92. The number of hydrogen-bond donors (Lipinski definition) is 4. The zero-order valence-corrected chi connectivity index (χ0v) is 12.3. The zero-order valence-electron chi connectivity index (χ0n) is 12.3. The van der Waals surface area contributed by atoms with Crippen LogP contribution in [0, 0.1) is 0 Å². The first kappa shape index (κ1) is 18.8. The van der Waals surface area contributed by atoms with Gasteiger partial charge in [-0.2, -0.15) is 0 Å². The van der Waals surface area contributed by atoms with Gasteiger partial charge < -0.3 is 26.0 Å². The minimum atomic E-state index is -1.21. The van der Waals surface area contributed by atoms with Crippen molar-refractivity contribution >= 4 is 0 Å². The molecule has 1 heterocycles. The molecule has 8 heteroatoms. The van der Waals surface area contributed by atoms with Crippen LogP contribution >= 0.6 is 0 Å². The molecule has 20 heavy (non-hydrogen) atoms. The molecule has 0 aromatic carbocycles. The lowest BCUT2D eigenvalue weighted by Gasteiger charge is -2.20. The summed E-state index contributed by atoms with van der Waals surface area (Å²) in [5, 5.41) is 36.2. The van der Waals surface area contributed by atoms with Crippen LogP contribution in [-0.4, -0.2) is 75.1 Å². The summed E-state index contributed by atoms with van der Waals surface area (Å²) < 4.78 is 0. The van der Waals surface area contributed by atoms with Crippen LogP contribution in [0.2, 0.25) is 0 Å². The average Bonchev–Trinajstić information content (AvgIpc) is 2.48. The highest BCUT2D eigenvalue weighted by Gasteiger charge is 2.20. The minimum Gasteiger partial charge on any atom is -0.394 e. The Hall–Kier alpha value is -1.19. The SMILES string of the molecule is CCC(c1ccnnn1)N(C)C.NC(CO)(CO)CO. The molecule has 1 aromatic heterocycles. The van der Waals surface area contributed by atoms with E-state index in [1.165, 1.54) is 0 Å². The first-order chi connectivity index (χ1) is 9.44. The highest BCUT2D eigenvalue weighted by molar-refractivity contribution is 5.02. The van der Waals surface area contributed by atoms with E-state index in [0.717, 1.165) is 12.1 Å². The molecule has 8 nitrogen and oxygen atoms in total. The standard InChI is InChI=1S/C8H14N4.C4H11NO3/c1-4-8(12(2)3)7-5-6-9-11-10-7;5-4(1-6,2-7)3-8/h5-6,8H,4H2,1-3H3;6-8H,1-3,5H2. The smallest absolute Gasteiger partial charge is 0.0856 e. The second-order valence-electron chi connectivity index (χ2n) is 4.77. The molecular weight excluding hydrogens is 262 g/mol. The summed E-state index contributed by atoms with van der Waals surface area (Å²) in [6.07, 6.45) is 2.71. The molecule has 0 bridgehead atoms. The Morgan fingerprint density at radius 1 is 1.25 bits per heavy atom. The van der Waals surface area contributed by atoms with Gasteiger partial charge in [-0.1, -0.05) is 6.92 Å². The van der Waals surface area contributed by atoms with Gasteiger partial charge in [0.05, 0.1) is 43.3 Å². The lowest BCUT2D eigenvalue weighted by molar-refractivity contribution is 0.0698. The fraction of sp³-hybridized carbons (Fsp3) is 0.750. The number of aliphatic hydroxyl groups is 3. The van der Waals surface area contributed by atoms with E-state index < -0.39 is 25.4 Å². The van der Waals surface area contributed by atoms with Crippen molar-refractivity contribution in [3.8, 4) is 0 Å². The van der Waals surface area contributed by atoms with Gasteiger partial charge in [0.25, 0.3) is 0 Å². The van der Waals surface area contributed by atoms with Crippen molar-refractivity contribution in [2.45, 2.75) is 24.9 Å². The fourth-order valence-electron chi connectivity index (χ4n) is 1.42. The van der Waals surface area contributed by atoms with Crippen LogP contribution in [0.4, 0.5) is 0 Å². The summed E-state index contributed by atoms with van der Waals surface area (Å²) in [7, 11) is 4.08. The van der Waals surface area contributed by atoms with E-state index >= 15 is 0 Å². The molecule has 0 aliphatic carbocycles. The highest BCUT2D eigenvalue weighted by atomic mass is 16.3. The van der Waals surface area contributed by atoms with E-state index in [2.05, 4.69) is 27.2 Å². The van der Waals surface area contributed by atoms with Crippen LogP contribution in [-0.2, 0) is 0 Å². The van der Waals surface area contributed by atoms with Gasteiger partial charge in [0, 0.05) is 0 Å². The molecule has 0 saturated heterocycles. The maximum Gasteiger partial charge on any atom is 0.0856 e. The van der Waals surface area contributed by atoms with Gasteiger partial charge in [-0.3, -0.25) is 0 Å². The molecule has 5 N–H and O–H groups in total. The predicted molar refractivity (Wildman–Crippen MR) is 74.7 cm³/mol. The first-order valence-electron chi connectivity index (χ1n) is 6.36. The molecule has 0 aliphatic rings. The van der Waals surface area contributed by atoms with Crippen LogP contribution in [0.1, 0.15) is 25.1 Å². The number of hydrogen-bond acceptors (Lipinski definition) is 8. The number of nitrogens with two attached hydrogens (primary N) is 1. The third-order valence-electron chi connectivity index (χ3n) is 2.82. The van der Waals surface area contributed by atoms with Gasteiger partial charge in [0.1, 0.15) is 0 Å². The van der Waals surface area contributed by atoms with Gasteiger partial charge in [0.2, 0.25) is 0 Å². The quantitative estimate of drug-likeness (QED) is 0.500. The average molecular weight is 287 g/mol. The monoisotopic (exact) mass is 287 g/mol. The molecule has 1 atom stereocenters. The molecular formula is C12H25N5O3. The molecule has 0 spiro atoms. The lowest BCUT2D eigenvalue weighted by Crippen LogP contribution is -2.50. The molecule has 0 saturated carbocycles. The fourth-order valence-corrected chi connectivity index (χ4v) is 1.42. The van der Waals surface area contributed by atoms with E-state index in [4.69, 9.17) is 21.1 Å². The van der Waals surface area contributed by atoms with Crippen molar-refractivity contribution in [1.82, 2.24) is 20.3 Å². The summed E-state index contributed by atoms with van der Waals surface area (Å²) in [5.74, 6) is 0. The number of nitrogens with zero attached hydrogens (tertiary/aromatic N) is 4. The first-order valence-corrected chi connectivity index (χ1v) is 6.36. The van der Waals surface area contributed by atoms with Crippen LogP contribution in [0.5, 0.6) is 0 Å². The second-order valence-corrected chi connectivity index (χ2v) is 4.77. The normalized spacial score (nSPS) is 12.8. The molecule has 0 aliphatic heterocycles. The number of aromatic nitrogens is 3. The van der Waals surface area contributed by atoms with Crippen molar-refractivity contribution in [3.05, 3.63) is 18.0 Å². The number of rotatable bonds is 6. The van der Waals surface area contributed by atoms with Crippen molar-refractivity contribution < 1.29 is 15.3 Å². The molecule has 116 valence electrons. The summed E-state index contributed by atoms with van der Waals surface area (Å²) in [6.45, 7) is 0.923. The van der Waals surface area contributed by atoms with Gasteiger partial charge in [-0.05, 0) is 31.8 Å². The van der Waals surface area contributed by atoms with Crippen molar-refractivity contribution in [1.29, 1.82) is 0 Å². The Labute approximate surface area is 119 Å². The molecule has 1 aromatic rings. The minimum absolute atomic E-state index is 0.348. The Morgan fingerprint density at radius 2 is 1.80 bits per heavy atom. The summed E-state index contributed by atoms with van der Waals surface area (Å²) in [6, 6.07) is 2.25. The third-order valence-corrected chi connectivity index (χ3v) is 2.82. The zero-order chi connectivity index (χ0) is 15.6. The molecule has 0 amide bonds. The van der Waals surface area contributed by atoms with E-state index in [-0.39, 0.29) is 0 Å². The van der Waals surface area contributed by atoms with Crippen LogP contribution < -0.4 is 5.73 Å². The van der Waals surface area contributed by atoms with Gasteiger partial charge >= 0.3 is 0 Å². The number of aliphatic hydroxyl groups excluding tert-OH is 3. The second kappa shape index (κ2) is 9.67. The lowest BCUT2D eigenvalue weighted by atomic mass is 10.1. The molecule has 0 radical (unpaired) electrons. The van der Waals surface area contributed by atoms with Gasteiger partial charge in [-0.25, -0.2) is 0 Å². The maximum absolute atomic E-state index is 8.34. The van der Waals surface area contributed by atoms with Crippen molar-refractivity contribution in [2.75, 3.05) is 33.9 Å². The molecule has 1 rings (SSSR count). The topological polar surface area (TPSA) is 129 Å². The Bertz CT molecular complexity index is 338. The van der Waals surface area contributed by atoms with Gasteiger partial charge in [-0.15, -0.1) is 10.2 Å². The van der Waals surface area contributed by atoms with E-state index in [1.807, 2.05) is 20.2 Å². The molecule has 1 unspecified atom stereocenters. The highest BCUT2D eigenvalue weighted by Crippen LogP contribution is 2.17. The summed E-state index contributed by atoms with van der Waals surface area (Å²) in [4.78, 5) is 2.13. The summed E-state index contributed by atoms with van der Waals surface area (Å²) >= 11 is 0. The molecule has 0 fully saturated rings. The third kappa shape index (κ3) is 6.31. The van der Waals surface area contributed by atoms with E-state index in [0.29, 0.717) is 6.04 Å². The Balaban J connectivity index is 0.000000396. The Morgan fingerprint density at radius 3 is 2.05 bits per heavy atom. The predicted octanol–water partition coefficient (Wildman–Crippen LogP) is -1.45. The maximum atomic E-state index is 8.34. The van der Waals surface area contributed by atoms with Crippen molar-refractivity contribution in [3.63, 3.8) is 0 Å². The van der Waals surface area contributed by atoms with Crippen LogP contribution in [0.3, 0.4) is 0 Å². The van der Waals surface area contributed by atoms with E-state index in [1.54, 1.807) is 6.20 Å². The van der Waals surface area contributed by atoms with Crippen LogP contribution in [0.25, 0.3) is 0 Å². The van der Waals surface area contributed by atoms with Gasteiger partial charge in [0.15, 0.2) is 0 Å². The van der Waals surface area contributed by atoms with Crippen LogP contribution in [0.15, 0.2) is 12.3 Å².